The molecule has 0 fully saturated rings. The highest BCUT2D eigenvalue weighted by molar-refractivity contribution is 7.99. The SMILES string of the molecule is CN(C)c1cccc(C(=O)NNC(=O)CSc2ccc(C(F)(F)F)cn2)c1. The molecular weight excluding hydrogens is 381 g/mol. The van der Waals surface area contributed by atoms with Crippen molar-refractivity contribution >= 4 is 29.3 Å². The minimum Gasteiger partial charge on any atom is -0.378 e. The van der Waals surface area contributed by atoms with E-state index in [1.807, 2.05) is 25.1 Å². The molecule has 0 spiro atoms. The molecule has 0 unspecified atom stereocenters. The van der Waals surface area contributed by atoms with Crippen molar-refractivity contribution in [1.82, 2.24) is 15.8 Å². The number of carbonyl (C=O) groups excluding carboxylic acids is 2. The maximum atomic E-state index is 12.5. The number of hydrazine groups is 1. The normalized spacial score (nSPS) is 11.0. The second kappa shape index (κ2) is 8.76. The topological polar surface area (TPSA) is 74.3 Å². The number of pyridine rings is 1. The molecule has 0 atom stereocenters. The number of hydrogen-bond acceptors (Lipinski definition) is 5. The number of anilines is 1. The number of carbonyl (C=O) groups is 2. The number of benzene rings is 1. The molecule has 0 radical (unpaired) electrons. The van der Waals surface area contributed by atoms with Crippen LogP contribution in [0.1, 0.15) is 15.9 Å². The van der Waals surface area contributed by atoms with E-state index in [4.69, 9.17) is 0 Å². The summed E-state index contributed by atoms with van der Waals surface area (Å²) in [4.78, 5) is 29.3. The van der Waals surface area contributed by atoms with Crippen molar-refractivity contribution in [3.05, 3.63) is 53.7 Å². The first kappa shape index (κ1) is 20.6. The maximum Gasteiger partial charge on any atom is 0.417 e. The van der Waals surface area contributed by atoms with Crippen LogP contribution >= 0.6 is 11.8 Å². The van der Waals surface area contributed by atoms with Crippen molar-refractivity contribution in [1.29, 1.82) is 0 Å². The third-order valence-electron chi connectivity index (χ3n) is 3.36. The van der Waals surface area contributed by atoms with Crippen LogP contribution in [0.5, 0.6) is 0 Å². The zero-order valence-corrected chi connectivity index (χ0v) is 15.3. The monoisotopic (exact) mass is 398 g/mol. The van der Waals surface area contributed by atoms with Gasteiger partial charge in [-0.3, -0.25) is 20.4 Å². The van der Waals surface area contributed by atoms with Crippen LogP contribution in [-0.4, -0.2) is 36.6 Å². The molecule has 0 aliphatic rings. The molecule has 0 saturated heterocycles. The van der Waals surface area contributed by atoms with Gasteiger partial charge in [0.05, 0.1) is 16.3 Å². The van der Waals surface area contributed by atoms with Crippen molar-refractivity contribution in [3.63, 3.8) is 0 Å². The largest absolute Gasteiger partial charge is 0.417 e. The fourth-order valence-electron chi connectivity index (χ4n) is 1.93. The van der Waals surface area contributed by atoms with Gasteiger partial charge in [-0.05, 0) is 30.3 Å². The number of nitrogens with one attached hydrogen (secondary N) is 2. The van der Waals surface area contributed by atoms with Crippen molar-refractivity contribution in [3.8, 4) is 0 Å². The van der Waals surface area contributed by atoms with Crippen LogP contribution in [-0.2, 0) is 11.0 Å². The zero-order valence-electron chi connectivity index (χ0n) is 14.5. The minimum absolute atomic E-state index is 0.115. The second-order valence-corrected chi connectivity index (χ2v) is 6.61. The van der Waals surface area contributed by atoms with Gasteiger partial charge in [0.15, 0.2) is 0 Å². The van der Waals surface area contributed by atoms with E-state index in [0.29, 0.717) is 11.8 Å². The van der Waals surface area contributed by atoms with Crippen LogP contribution in [0.2, 0.25) is 0 Å². The van der Waals surface area contributed by atoms with Gasteiger partial charge in [0, 0.05) is 31.5 Å². The van der Waals surface area contributed by atoms with E-state index in [0.717, 1.165) is 23.5 Å². The maximum absolute atomic E-state index is 12.5. The number of alkyl halides is 3. The lowest BCUT2D eigenvalue weighted by Crippen LogP contribution is -2.42. The predicted molar refractivity (Wildman–Crippen MR) is 96.3 cm³/mol. The fourth-order valence-corrected chi connectivity index (χ4v) is 2.58. The van der Waals surface area contributed by atoms with Crippen molar-refractivity contribution in [2.75, 3.05) is 24.7 Å². The molecule has 27 heavy (non-hydrogen) atoms. The first-order valence-corrected chi connectivity index (χ1v) is 8.68. The summed E-state index contributed by atoms with van der Waals surface area (Å²) >= 11 is 0.953. The lowest BCUT2D eigenvalue weighted by Gasteiger charge is -2.13. The summed E-state index contributed by atoms with van der Waals surface area (Å²) in [5.74, 6) is -1.11. The Morgan fingerprint density at radius 1 is 1.15 bits per heavy atom. The van der Waals surface area contributed by atoms with Crippen LogP contribution in [0.25, 0.3) is 0 Å². The van der Waals surface area contributed by atoms with Gasteiger partial charge in [0.2, 0.25) is 5.91 Å². The van der Waals surface area contributed by atoms with Crippen LogP contribution < -0.4 is 15.8 Å². The Kier molecular flexibility index (Phi) is 6.67. The Hall–Kier alpha value is -2.75. The molecule has 2 amide bonds. The van der Waals surface area contributed by atoms with Crippen molar-refractivity contribution in [2.24, 2.45) is 0 Å². The lowest BCUT2D eigenvalue weighted by molar-refractivity contribution is -0.137. The molecule has 10 heteroatoms. The number of rotatable bonds is 5. The summed E-state index contributed by atoms with van der Waals surface area (Å²) in [6, 6.07) is 8.91. The summed E-state index contributed by atoms with van der Waals surface area (Å²) < 4.78 is 37.4. The number of thioether (sulfide) groups is 1. The average molecular weight is 398 g/mol. The third kappa shape index (κ3) is 6.17. The molecule has 0 aliphatic heterocycles. The Morgan fingerprint density at radius 3 is 2.48 bits per heavy atom. The quantitative estimate of drug-likeness (QED) is 0.599. The third-order valence-corrected chi connectivity index (χ3v) is 4.30. The highest BCUT2D eigenvalue weighted by Gasteiger charge is 2.30. The number of nitrogens with zero attached hydrogens (tertiary/aromatic N) is 2. The van der Waals surface area contributed by atoms with E-state index in [2.05, 4.69) is 15.8 Å². The van der Waals surface area contributed by atoms with E-state index >= 15 is 0 Å². The van der Waals surface area contributed by atoms with Gasteiger partial charge in [-0.25, -0.2) is 4.98 Å². The van der Waals surface area contributed by atoms with Gasteiger partial charge in [-0.15, -0.1) is 0 Å². The minimum atomic E-state index is -4.46. The average Bonchev–Trinajstić information content (AvgIpc) is 2.64. The van der Waals surface area contributed by atoms with Gasteiger partial charge in [-0.2, -0.15) is 13.2 Å². The zero-order chi connectivity index (χ0) is 20.0. The van der Waals surface area contributed by atoms with Crippen LogP contribution in [0, 0.1) is 0 Å². The van der Waals surface area contributed by atoms with Gasteiger partial charge in [0.25, 0.3) is 5.91 Å². The Morgan fingerprint density at radius 2 is 1.89 bits per heavy atom. The van der Waals surface area contributed by atoms with E-state index in [1.54, 1.807) is 18.2 Å². The predicted octanol–water partition coefficient (Wildman–Crippen LogP) is 2.72. The van der Waals surface area contributed by atoms with Crippen LogP contribution in [0.15, 0.2) is 47.6 Å². The molecule has 6 nitrogen and oxygen atoms in total. The number of amides is 2. The summed E-state index contributed by atoms with van der Waals surface area (Å²) in [7, 11) is 3.68. The number of aromatic nitrogens is 1. The van der Waals surface area contributed by atoms with Crippen molar-refractivity contribution < 1.29 is 22.8 Å². The first-order valence-electron chi connectivity index (χ1n) is 7.69. The molecule has 1 aromatic heterocycles. The van der Waals surface area contributed by atoms with Gasteiger partial charge < -0.3 is 4.90 Å². The summed E-state index contributed by atoms with van der Waals surface area (Å²) in [5.41, 5.74) is 4.89. The van der Waals surface area contributed by atoms with E-state index in [-0.39, 0.29) is 10.8 Å². The van der Waals surface area contributed by atoms with E-state index < -0.39 is 23.6 Å². The highest BCUT2D eigenvalue weighted by atomic mass is 32.2. The van der Waals surface area contributed by atoms with E-state index in [9.17, 15) is 22.8 Å². The molecule has 144 valence electrons. The molecule has 0 saturated carbocycles. The molecule has 1 aromatic carbocycles. The lowest BCUT2D eigenvalue weighted by atomic mass is 10.2. The van der Waals surface area contributed by atoms with E-state index in [1.165, 1.54) is 6.07 Å². The van der Waals surface area contributed by atoms with Gasteiger partial charge in [-0.1, -0.05) is 17.8 Å². The molecule has 2 rings (SSSR count). The molecule has 2 N–H and O–H groups in total. The molecular formula is C17H17F3N4O2S. The van der Waals surface area contributed by atoms with Gasteiger partial charge in [0.1, 0.15) is 0 Å². The summed E-state index contributed by atoms with van der Waals surface area (Å²) in [6.07, 6.45) is -3.75. The Labute approximate surface area is 158 Å². The molecule has 0 aliphatic carbocycles. The van der Waals surface area contributed by atoms with Crippen LogP contribution in [0.4, 0.5) is 18.9 Å². The smallest absolute Gasteiger partial charge is 0.378 e. The highest BCUT2D eigenvalue weighted by Crippen LogP contribution is 2.29. The van der Waals surface area contributed by atoms with Gasteiger partial charge >= 0.3 is 6.18 Å². The number of hydrogen-bond donors (Lipinski definition) is 2. The molecule has 2 aromatic rings. The fraction of sp³-hybridized carbons (Fsp3) is 0.235. The molecule has 1 heterocycles. The second-order valence-electron chi connectivity index (χ2n) is 5.62. The Bertz CT molecular complexity index is 811. The summed E-state index contributed by atoms with van der Waals surface area (Å²) in [6.45, 7) is 0. The first-order chi connectivity index (χ1) is 12.7. The Balaban J connectivity index is 1.82. The molecule has 0 bridgehead atoms. The van der Waals surface area contributed by atoms with Crippen LogP contribution in [0.3, 0.4) is 0 Å². The summed E-state index contributed by atoms with van der Waals surface area (Å²) in [5, 5.41) is 0.267. The van der Waals surface area contributed by atoms with Crippen molar-refractivity contribution in [2.45, 2.75) is 11.2 Å². The number of halogens is 3. The standard InChI is InChI=1S/C17H17F3N4O2S/c1-24(2)13-5-3-4-11(8-13)16(26)23-22-14(25)10-27-15-7-6-12(9-21-15)17(18,19)20/h3-9H,10H2,1-2H3,(H,22,25)(H,23,26).